The summed E-state index contributed by atoms with van der Waals surface area (Å²) in [4.78, 5) is 12.4. The first-order valence-corrected chi connectivity index (χ1v) is 13.6. The van der Waals surface area contributed by atoms with Crippen molar-refractivity contribution < 1.29 is 29.2 Å². The second-order valence-electron chi connectivity index (χ2n) is 11.2. The molecule has 7 nitrogen and oxygen atoms in total. The molecular formula is C27H53NO6. The molecule has 1 heterocycles. The highest BCUT2D eigenvalue weighted by Gasteiger charge is 2.47. The van der Waals surface area contributed by atoms with Gasteiger partial charge in [-0.25, -0.2) is 4.79 Å². The summed E-state index contributed by atoms with van der Waals surface area (Å²) >= 11 is 0. The van der Waals surface area contributed by atoms with Crippen molar-refractivity contribution in [2.45, 2.75) is 161 Å². The number of hydrogen-bond acceptors (Lipinski definition) is 6. The standard InChI is InChI=1S/C27H53NO6/c1-7-8-9-10-11-12-13-14-15-16-17-18-19-22-24(33-27(5,6)32-22)23(21(30)20-29)28-25(31)34-26(2,3)4/h21-24,29-30H,7-20H2,1-6H3,(H,28,31)/t21-,22-,23+,24+/m1/s1. The Kier molecular flexibility index (Phi) is 14.6. The Balaban J connectivity index is 2.44. The zero-order valence-electron chi connectivity index (χ0n) is 22.7. The molecule has 0 aromatic heterocycles. The molecule has 1 amide bonds. The lowest BCUT2D eigenvalue weighted by Crippen LogP contribution is -2.56. The van der Waals surface area contributed by atoms with E-state index in [1.54, 1.807) is 20.8 Å². The van der Waals surface area contributed by atoms with Gasteiger partial charge in [-0.15, -0.1) is 0 Å². The van der Waals surface area contributed by atoms with Gasteiger partial charge in [0.15, 0.2) is 5.79 Å². The number of aliphatic hydroxyl groups excluding tert-OH is 2. The van der Waals surface area contributed by atoms with Crippen LogP contribution in [0.25, 0.3) is 0 Å². The zero-order chi connectivity index (χ0) is 25.6. The van der Waals surface area contributed by atoms with E-state index >= 15 is 0 Å². The molecule has 0 unspecified atom stereocenters. The first-order chi connectivity index (χ1) is 16.0. The maximum Gasteiger partial charge on any atom is 0.408 e. The number of ether oxygens (including phenoxy) is 3. The van der Waals surface area contributed by atoms with Gasteiger partial charge in [-0.2, -0.15) is 0 Å². The Labute approximate surface area is 208 Å². The average Bonchev–Trinajstić information content (AvgIpc) is 3.05. The van der Waals surface area contributed by atoms with Crippen LogP contribution < -0.4 is 5.32 Å². The number of hydrogen-bond donors (Lipinski definition) is 3. The number of carbonyl (C=O) groups is 1. The minimum absolute atomic E-state index is 0.278. The van der Waals surface area contributed by atoms with Gasteiger partial charge in [-0.1, -0.05) is 84.0 Å². The Morgan fingerprint density at radius 1 is 0.941 bits per heavy atom. The Morgan fingerprint density at radius 3 is 1.91 bits per heavy atom. The maximum atomic E-state index is 12.4. The highest BCUT2D eigenvalue weighted by Crippen LogP contribution is 2.34. The minimum atomic E-state index is -1.18. The van der Waals surface area contributed by atoms with Crippen molar-refractivity contribution in [2.24, 2.45) is 0 Å². The fourth-order valence-corrected chi connectivity index (χ4v) is 4.53. The Bertz CT molecular complexity index is 548. The van der Waals surface area contributed by atoms with Gasteiger partial charge in [0.05, 0.1) is 24.9 Å². The van der Waals surface area contributed by atoms with Crippen molar-refractivity contribution >= 4 is 6.09 Å². The molecule has 4 atom stereocenters. The topological polar surface area (TPSA) is 97.3 Å². The van der Waals surface area contributed by atoms with Crippen LogP contribution in [0, 0.1) is 0 Å². The van der Waals surface area contributed by atoms with E-state index in [0.29, 0.717) is 0 Å². The van der Waals surface area contributed by atoms with Gasteiger partial charge < -0.3 is 29.7 Å². The summed E-state index contributed by atoms with van der Waals surface area (Å²) in [6, 6.07) is -0.830. The van der Waals surface area contributed by atoms with E-state index in [9.17, 15) is 15.0 Å². The van der Waals surface area contributed by atoms with Crippen LogP contribution >= 0.6 is 0 Å². The van der Waals surface area contributed by atoms with E-state index in [1.165, 1.54) is 64.2 Å². The van der Waals surface area contributed by atoms with Crippen LogP contribution in [-0.2, 0) is 14.2 Å². The van der Waals surface area contributed by atoms with E-state index in [-0.39, 0.29) is 6.10 Å². The van der Waals surface area contributed by atoms with Crippen molar-refractivity contribution in [1.82, 2.24) is 5.32 Å². The number of nitrogens with one attached hydrogen (secondary N) is 1. The molecule has 0 saturated carbocycles. The third-order valence-electron chi connectivity index (χ3n) is 6.20. The molecule has 1 aliphatic rings. The van der Waals surface area contributed by atoms with Gasteiger partial charge in [-0.05, 0) is 41.0 Å². The fraction of sp³-hybridized carbons (Fsp3) is 0.963. The van der Waals surface area contributed by atoms with Gasteiger partial charge in [0, 0.05) is 0 Å². The lowest BCUT2D eigenvalue weighted by Gasteiger charge is -2.31. The van der Waals surface area contributed by atoms with Crippen LogP contribution in [0.2, 0.25) is 0 Å². The number of unbranched alkanes of at least 4 members (excludes halogenated alkanes) is 11. The van der Waals surface area contributed by atoms with Gasteiger partial charge in [0.25, 0.3) is 0 Å². The molecule has 3 N–H and O–H groups in total. The normalized spacial score (nSPS) is 21.9. The lowest BCUT2D eigenvalue weighted by atomic mass is 9.96. The third kappa shape index (κ3) is 13.3. The molecule has 0 radical (unpaired) electrons. The van der Waals surface area contributed by atoms with E-state index in [0.717, 1.165) is 19.3 Å². The second kappa shape index (κ2) is 16.0. The van der Waals surface area contributed by atoms with E-state index < -0.39 is 42.3 Å². The summed E-state index contributed by atoms with van der Waals surface area (Å²) < 4.78 is 17.5. The summed E-state index contributed by atoms with van der Waals surface area (Å²) in [7, 11) is 0. The predicted molar refractivity (Wildman–Crippen MR) is 136 cm³/mol. The molecule has 1 aliphatic heterocycles. The van der Waals surface area contributed by atoms with E-state index in [4.69, 9.17) is 14.2 Å². The summed E-state index contributed by atoms with van der Waals surface area (Å²) in [6.45, 7) is 10.8. The largest absolute Gasteiger partial charge is 0.444 e. The Morgan fingerprint density at radius 2 is 1.44 bits per heavy atom. The molecule has 0 aliphatic carbocycles. The predicted octanol–water partition coefficient (Wildman–Crippen LogP) is 5.84. The molecule has 0 aromatic rings. The summed E-state index contributed by atoms with van der Waals surface area (Å²) in [5.41, 5.74) is -0.667. The van der Waals surface area contributed by atoms with Crippen LogP contribution in [0.1, 0.15) is 125 Å². The minimum Gasteiger partial charge on any atom is -0.444 e. The van der Waals surface area contributed by atoms with E-state index in [2.05, 4.69) is 12.2 Å². The Hall–Kier alpha value is -0.890. The second-order valence-corrected chi connectivity index (χ2v) is 11.2. The van der Waals surface area contributed by atoms with Gasteiger partial charge in [0.2, 0.25) is 0 Å². The molecule has 7 heteroatoms. The number of carbonyl (C=O) groups excluding carboxylic acids is 1. The van der Waals surface area contributed by atoms with Crippen LogP contribution in [0.5, 0.6) is 0 Å². The average molecular weight is 488 g/mol. The third-order valence-corrected chi connectivity index (χ3v) is 6.20. The lowest BCUT2D eigenvalue weighted by molar-refractivity contribution is -0.152. The van der Waals surface area contributed by atoms with E-state index in [1.807, 2.05) is 13.8 Å². The molecule has 1 rings (SSSR count). The van der Waals surface area contributed by atoms with Gasteiger partial charge in [0.1, 0.15) is 11.7 Å². The summed E-state index contributed by atoms with van der Waals surface area (Å²) in [5.74, 6) is -0.824. The number of aliphatic hydroxyl groups is 2. The van der Waals surface area contributed by atoms with Crippen molar-refractivity contribution in [1.29, 1.82) is 0 Å². The SMILES string of the molecule is CCCCCCCCCCCCCC[C@H]1OC(C)(C)O[C@@H]1[C@@H](NC(=O)OC(C)(C)C)[C@H](O)CO. The molecule has 0 aromatic carbocycles. The monoisotopic (exact) mass is 487 g/mol. The number of amides is 1. The smallest absolute Gasteiger partial charge is 0.408 e. The molecule has 0 spiro atoms. The fourth-order valence-electron chi connectivity index (χ4n) is 4.53. The highest BCUT2D eigenvalue weighted by atomic mass is 16.8. The maximum absolute atomic E-state index is 12.4. The van der Waals surface area contributed by atoms with Crippen molar-refractivity contribution in [3.63, 3.8) is 0 Å². The van der Waals surface area contributed by atoms with Crippen molar-refractivity contribution in [2.75, 3.05) is 6.61 Å². The van der Waals surface area contributed by atoms with Crippen LogP contribution in [0.3, 0.4) is 0 Å². The zero-order valence-corrected chi connectivity index (χ0v) is 22.7. The first-order valence-electron chi connectivity index (χ1n) is 13.6. The van der Waals surface area contributed by atoms with Gasteiger partial charge >= 0.3 is 6.09 Å². The van der Waals surface area contributed by atoms with Crippen LogP contribution in [0.15, 0.2) is 0 Å². The van der Waals surface area contributed by atoms with Gasteiger partial charge in [-0.3, -0.25) is 0 Å². The first kappa shape index (κ1) is 31.1. The highest BCUT2D eigenvalue weighted by molar-refractivity contribution is 5.68. The molecule has 202 valence electrons. The summed E-state index contributed by atoms with van der Waals surface area (Å²) in [5, 5.41) is 22.7. The molecular weight excluding hydrogens is 434 g/mol. The van der Waals surface area contributed by atoms with Crippen molar-refractivity contribution in [3.8, 4) is 0 Å². The van der Waals surface area contributed by atoms with Crippen LogP contribution in [0.4, 0.5) is 4.79 Å². The molecule has 1 saturated heterocycles. The van der Waals surface area contributed by atoms with Crippen LogP contribution in [-0.4, -0.2) is 58.7 Å². The quantitative estimate of drug-likeness (QED) is 0.223. The summed E-state index contributed by atoms with van der Waals surface area (Å²) in [6.07, 6.45) is 13.5. The van der Waals surface area contributed by atoms with Crippen molar-refractivity contribution in [3.05, 3.63) is 0 Å². The number of alkyl carbamates (subject to hydrolysis) is 1. The molecule has 1 fully saturated rings. The molecule has 34 heavy (non-hydrogen) atoms. The number of rotatable bonds is 17. The molecule has 0 bridgehead atoms.